The Bertz CT molecular complexity index is 1090. The average molecular weight is 386 g/mol. The van der Waals surface area contributed by atoms with Gasteiger partial charge in [-0.3, -0.25) is 0 Å². The summed E-state index contributed by atoms with van der Waals surface area (Å²) >= 11 is 0. The minimum absolute atomic E-state index is 0.180. The summed E-state index contributed by atoms with van der Waals surface area (Å²) in [5, 5.41) is 0.875. The minimum Gasteiger partial charge on any atom is -0.455 e. The first-order valence-corrected chi connectivity index (χ1v) is 9.66. The van der Waals surface area contributed by atoms with E-state index in [-0.39, 0.29) is 12.4 Å². The molecule has 0 fully saturated rings. The predicted molar refractivity (Wildman–Crippen MR) is 113 cm³/mol. The molecule has 0 unspecified atom stereocenters. The minimum atomic E-state index is -0.483. The molecule has 0 atom stereocenters. The molecule has 0 aliphatic rings. The summed E-state index contributed by atoms with van der Waals surface area (Å²) in [5.74, 6) is -0.274. The molecular weight excluding hydrogens is 364 g/mol. The van der Waals surface area contributed by atoms with E-state index in [9.17, 15) is 4.79 Å². The van der Waals surface area contributed by atoms with Gasteiger partial charge in [-0.2, -0.15) is 0 Å². The molecule has 0 bridgehead atoms. The van der Waals surface area contributed by atoms with Crippen molar-refractivity contribution in [3.63, 3.8) is 0 Å². The first kappa shape index (κ1) is 19.0. The highest BCUT2D eigenvalue weighted by Gasteiger charge is 2.21. The maximum Gasteiger partial charge on any atom is 0.374 e. The summed E-state index contributed by atoms with van der Waals surface area (Å²) in [7, 11) is 0. The normalized spacial score (nSPS) is 10.9. The molecule has 0 amide bonds. The van der Waals surface area contributed by atoms with Crippen molar-refractivity contribution in [3.8, 4) is 11.1 Å². The number of benzene rings is 3. The lowest BCUT2D eigenvalue weighted by Crippen LogP contribution is -2.07. The second-order valence-corrected chi connectivity index (χ2v) is 6.68. The van der Waals surface area contributed by atoms with Gasteiger partial charge in [0.25, 0.3) is 0 Å². The van der Waals surface area contributed by atoms with Crippen LogP contribution in [-0.2, 0) is 22.7 Å². The molecule has 4 aromatic rings. The smallest absolute Gasteiger partial charge is 0.374 e. The van der Waals surface area contributed by atoms with Gasteiger partial charge in [0.15, 0.2) is 0 Å². The first-order valence-electron chi connectivity index (χ1n) is 9.66. The molecule has 1 heterocycles. The summed E-state index contributed by atoms with van der Waals surface area (Å²) in [6.45, 7) is 2.96. The highest BCUT2D eigenvalue weighted by atomic mass is 16.5. The van der Waals surface area contributed by atoms with Crippen molar-refractivity contribution in [2.45, 2.75) is 20.1 Å². The van der Waals surface area contributed by atoms with Crippen molar-refractivity contribution in [2.24, 2.45) is 0 Å². The zero-order valence-corrected chi connectivity index (χ0v) is 16.3. The van der Waals surface area contributed by atoms with Crippen LogP contribution in [-0.4, -0.2) is 12.6 Å². The Hall–Kier alpha value is -3.37. The Morgan fingerprint density at radius 1 is 0.828 bits per heavy atom. The van der Waals surface area contributed by atoms with Crippen molar-refractivity contribution in [1.29, 1.82) is 0 Å². The number of carbonyl (C=O) groups excluding carboxylic acids is 1. The van der Waals surface area contributed by atoms with Crippen LogP contribution in [0.5, 0.6) is 0 Å². The van der Waals surface area contributed by atoms with Crippen LogP contribution in [0.15, 0.2) is 83.3 Å². The molecule has 4 nitrogen and oxygen atoms in total. The molecule has 29 heavy (non-hydrogen) atoms. The van der Waals surface area contributed by atoms with E-state index in [4.69, 9.17) is 13.9 Å². The number of ether oxygens (including phenoxy) is 2. The number of hydrogen-bond donors (Lipinski definition) is 0. The summed E-state index contributed by atoms with van der Waals surface area (Å²) in [6.07, 6.45) is 0. The molecule has 0 aliphatic carbocycles. The standard InChI is InChI=1S/C25H22O4/c1-2-27-17-22-21-10-6-7-11-23(21)29-24(22)25(26)28-16-18-12-14-20(15-13-18)19-8-4-3-5-9-19/h3-15H,2,16-17H2,1H3. The molecule has 4 heteroatoms. The van der Waals surface area contributed by atoms with Gasteiger partial charge in [-0.1, -0.05) is 72.8 Å². The van der Waals surface area contributed by atoms with Gasteiger partial charge < -0.3 is 13.9 Å². The van der Waals surface area contributed by atoms with Crippen LogP contribution in [0, 0.1) is 0 Å². The van der Waals surface area contributed by atoms with E-state index in [0.29, 0.717) is 18.8 Å². The zero-order chi connectivity index (χ0) is 20.1. The van der Waals surface area contributed by atoms with Crippen LogP contribution < -0.4 is 0 Å². The second kappa shape index (κ2) is 8.76. The van der Waals surface area contributed by atoms with E-state index in [1.165, 1.54) is 0 Å². The molecule has 1 aromatic heterocycles. The van der Waals surface area contributed by atoms with Crippen LogP contribution in [0.4, 0.5) is 0 Å². The molecule has 0 aliphatic heterocycles. The van der Waals surface area contributed by atoms with Gasteiger partial charge in [0.2, 0.25) is 5.76 Å². The van der Waals surface area contributed by atoms with Crippen LogP contribution in [0.3, 0.4) is 0 Å². The lowest BCUT2D eigenvalue weighted by atomic mass is 10.0. The largest absolute Gasteiger partial charge is 0.455 e. The molecule has 0 saturated heterocycles. The summed E-state index contributed by atoms with van der Waals surface area (Å²) in [4.78, 5) is 12.7. The highest BCUT2D eigenvalue weighted by Crippen LogP contribution is 2.27. The van der Waals surface area contributed by atoms with Crippen LogP contribution in [0.25, 0.3) is 22.1 Å². The fourth-order valence-corrected chi connectivity index (χ4v) is 3.25. The Labute approximate surface area is 169 Å². The summed E-state index contributed by atoms with van der Waals surface area (Å²) < 4.78 is 16.8. The number of carbonyl (C=O) groups is 1. The third-order valence-electron chi connectivity index (χ3n) is 4.77. The lowest BCUT2D eigenvalue weighted by molar-refractivity contribution is 0.0430. The fourth-order valence-electron chi connectivity index (χ4n) is 3.25. The SMILES string of the molecule is CCOCc1c(C(=O)OCc2ccc(-c3ccccc3)cc2)oc2ccccc12. The fraction of sp³-hybridized carbons (Fsp3) is 0.160. The van der Waals surface area contributed by atoms with E-state index < -0.39 is 5.97 Å². The highest BCUT2D eigenvalue weighted by molar-refractivity contribution is 5.96. The van der Waals surface area contributed by atoms with Crippen LogP contribution in [0.1, 0.15) is 28.6 Å². The molecule has 0 N–H and O–H groups in total. The van der Waals surface area contributed by atoms with Gasteiger partial charge >= 0.3 is 5.97 Å². The van der Waals surface area contributed by atoms with E-state index >= 15 is 0 Å². The van der Waals surface area contributed by atoms with Crippen molar-refractivity contribution in [2.75, 3.05) is 6.61 Å². The maximum atomic E-state index is 12.7. The molecule has 4 rings (SSSR count). The van der Waals surface area contributed by atoms with Gasteiger partial charge in [0.1, 0.15) is 12.2 Å². The van der Waals surface area contributed by atoms with Crippen LogP contribution >= 0.6 is 0 Å². The van der Waals surface area contributed by atoms with E-state index in [0.717, 1.165) is 27.6 Å². The number of furan rings is 1. The predicted octanol–water partition coefficient (Wildman–Crippen LogP) is 5.99. The summed E-state index contributed by atoms with van der Waals surface area (Å²) in [5.41, 5.74) is 4.57. The molecule has 0 radical (unpaired) electrons. The van der Waals surface area contributed by atoms with Gasteiger partial charge in [0.05, 0.1) is 6.61 Å². The first-order chi connectivity index (χ1) is 14.3. The summed E-state index contributed by atoms with van der Waals surface area (Å²) in [6, 6.07) is 25.7. The Morgan fingerprint density at radius 2 is 1.52 bits per heavy atom. The second-order valence-electron chi connectivity index (χ2n) is 6.68. The Balaban J connectivity index is 1.48. The molecule has 146 valence electrons. The average Bonchev–Trinajstić information content (AvgIpc) is 3.15. The van der Waals surface area contributed by atoms with Gasteiger partial charge in [-0.05, 0) is 29.7 Å². The lowest BCUT2D eigenvalue weighted by Gasteiger charge is -2.07. The quantitative estimate of drug-likeness (QED) is 0.366. The monoisotopic (exact) mass is 386 g/mol. The van der Waals surface area contributed by atoms with E-state index in [2.05, 4.69) is 12.1 Å². The zero-order valence-electron chi connectivity index (χ0n) is 16.3. The topological polar surface area (TPSA) is 48.7 Å². The Morgan fingerprint density at radius 3 is 2.28 bits per heavy atom. The number of hydrogen-bond acceptors (Lipinski definition) is 4. The molecular formula is C25H22O4. The van der Waals surface area contributed by atoms with E-state index in [1.54, 1.807) is 0 Å². The third-order valence-corrected chi connectivity index (χ3v) is 4.77. The van der Waals surface area contributed by atoms with Crippen LogP contribution in [0.2, 0.25) is 0 Å². The third kappa shape index (κ3) is 4.23. The van der Waals surface area contributed by atoms with Crippen molar-refractivity contribution < 1.29 is 18.7 Å². The Kier molecular flexibility index (Phi) is 5.73. The van der Waals surface area contributed by atoms with E-state index in [1.807, 2.05) is 73.7 Å². The van der Waals surface area contributed by atoms with Crippen molar-refractivity contribution in [1.82, 2.24) is 0 Å². The van der Waals surface area contributed by atoms with Crippen molar-refractivity contribution in [3.05, 3.63) is 95.7 Å². The molecule has 3 aromatic carbocycles. The van der Waals surface area contributed by atoms with Crippen molar-refractivity contribution >= 4 is 16.9 Å². The number of fused-ring (bicyclic) bond motifs is 1. The van der Waals surface area contributed by atoms with Gasteiger partial charge in [-0.25, -0.2) is 4.79 Å². The van der Waals surface area contributed by atoms with Gasteiger partial charge in [0, 0.05) is 17.6 Å². The maximum absolute atomic E-state index is 12.7. The molecule has 0 spiro atoms. The molecule has 0 saturated carbocycles. The number of para-hydroxylation sites is 1. The number of rotatable bonds is 7. The van der Waals surface area contributed by atoms with Gasteiger partial charge in [-0.15, -0.1) is 0 Å². The number of esters is 1.